The van der Waals surface area contributed by atoms with Gasteiger partial charge in [0.15, 0.2) is 0 Å². The van der Waals surface area contributed by atoms with Gasteiger partial charge < -0.3 is 10.2 Å². The van der Waals surface area contributed by atoms with E-state index < -0.39 is 4.92 Å². The Bertz CT molecular complexity index is 1660. The molecule has 35 heavy (non-hydrogen) atoms. The number of rotatable bonds is 5. The second-order valence-corrected chi connectivity index (χ2v) is 7.89. The normalized spacial score (nSPS) is 11.7. The Morgan fingerprint density at radius 3 is 1.71 bits per heavy atom. The summed E-state index contributed by atoms with van der Waals surface area (Å²) in [7, 11) is 0. The fourth-order valence-electron chi connectivity index (χ4n) is 3.95. The van der Waals surface area contributed by atoms with Crippen molar-refractivity contribution in [3.8, 4) is 11.5 Å². The highest BCUT2D eigenvalue weighted by atomic mass is 16.6. The minimum absolute atomic E-state index is 0.0450. The van der Waals surface area contributed by atoms with Crippen molar-refractivity contribution in [2.24, 2.45) is 9.98 Å². The Balaban J connectivity index is 1.61. The number of phenols is 2. The molecule has 0 aliphatic carbocycles. The Labute approximate surface area is 200 Å². The van der Waals surface area contributed by atoms with Gasteiger partial charge in [-0.1, -0.05) is 60.7 Å². The lowest BCUT2D eigenvalue weighted by atomic mass is 10.0. The summed E-state index contributed by atoms with van der Waals surface area (Å²) in [5, 5.41) is 35.7. The molecule has 170 valence electrons. The highest BCUT2D eigenvalue weighted by Gasteiger charge is 2.12. The lowest BCUT2D eigenvalue weighted by Crippen LogP contribution is -1.89. The summed E-state index contributed by atoms with van der Waals surface area (Å²) >= 11 is 0. The van der Waals surface area contributed by atoms with E-state index in [0.29, 0.717) is 16.8 Å². The van der Waals surface area contributed by atoms with Gasteiger partial charge in [-0.3, -0.25) is 20.1 Å². The SMILES string of the molecule is O=[N+]([O-])c1ccc(N=Cc2c(O)ccc3ccccc23)c(N=Cc2c(O)ccc3ccccc23)c1. The molecule has 0 radical (unpaired) electrons. The number of fused-ring (bicyclic) bond motifs is 2. The Kier molecular flexibility index (Phi) is 5.65. The van der Waals surface area contributed by atoms with Crippen LogP contribution in [0.3, 0.4) is 0 Å². The monoisotopic (exact) mass is 461 g/mol. The van der Waals surface area contributed by atoms with Crippen LogP contribution in [0.1, 0.15) is 11.1 Å². The zero-order chi connectivity index (χ0) is 24.4. The summed E-state index contributed by atoms with van der Waals surface area (Å²) in [4.78, 5) is 19.8. The van der Waals surface area contributed by atoms with E-state index >= 15 is 0 Å². The second kappa shape index (κ2) is 9.07. The summed E-state index contributed by atoms with van der Waals surface area (Å²) in [6.07, 6.45) is 3.00. The number of nitro groups is 1. The number of non-ortho nitro benzene ring substituents is 1. The molecule has 5 aromatic carbocycles. The van der Waals surface area contributed by atoms with Crippen LogP contribution in [-0.4, -0.2) is 27.6 Å². The third kappa shape index (κ3) is 4.30. The first-order valence-electron chi connectivity index (χ1n) is 10.8. The predicted molar refractivity (Wildman–Crippen MR) is 139 cm³/mol. The van der Waals surface area contributed by atoms with Crippen molar-refractivity contribution >= 4 is 51.0 Å². The molecule has 0 aromatic heterocycles. The molecule has 0 fully saturated rings. The molecule has 0 saturated heterocycles. The number of aliphatic imine (C=N–C) groups is 2. The minimum atomic E-state index is -0.502. The number of nitrogens with zero attached hydrogens (tertiary/aromatic N) is 3. The van der Waals surface area contributed by atoms with Crippen LogP contribution in [-0.2, 0) is 0 Å². The number of benzene rings is 5. The highest BCUT2D eigenvalue weighted by molar-refractivity contribution is 6.04. The van der Waals surface area contributed by atoms with Gasteiger partial charge in [0.2, 0.25) is 0 Å². The molecule has 7 heteroatoms. The highest BCUT2D eigenvalue weighted by Crippen LogP contribution is 2.34. The molecule has 0 atom stereocenters. The third-order valence-electron chi connectivity index (χ3n) is 5.73. The Hall–Kier alpha value is -5.04. The average molecular weight is 461 g/mol. The van der Waals surface area contributed by atoms with E-state index in [2.05, 4.69) is 9.98 Å². The summed E-state index contributed by atoms with van der Waals surface area (Å²) in [5.41, 5.74) is 1.52. The van der Waals surface area contributed by atoms with Gasteiger partial charge in [-0.15, -0.1) is 0 Å². The van der Waals surface area contributed by atoms with Crippen molar-refractivity contribution in [1.82, 2.24) is 0 Å². The van der Waals surface area contributed by atoms with Crippen molar-refractivity contribution in [3.63, 3.8) is 0 Å². The molecule has 7 nitrogen and oxygen atoms in total. The van der Waals surface area contributed by atoms with Gasteiger partial charge in [0.05, 0.1) is 16.3 Å². The van der Waals surface area contributed by atoms with E-state index in [9.17, 15) is 20.3 Å². The maximum atomic E-state index is 11.4. The first-order chi connectivity index (χ1) is 17.0. The van der Waals surface area contributed by atoms with Gasteiger partial charge >= 0.3 is 0 Å². The minimum Gasteiger partial charge on any atom is -0.507 e. The fraction of sp³-hybridized carbons (Fsp3) is 0. The van der Waals surface area contributed by atoms with E-state index in [-0.39, 0.29) is 22.9 Å². The van der Waals surface area contributed by atoms with E-state index in [1.165, 1.54) is 30.6 Å². The van der Waals surface area contributed by atoms with Gasteiger partial charge in [-0.05, 0) is 39.7 Å². The first-order valence-corrected chi connectivity index (χ1v) is 10.8. The first kappa shape index (κ1) is 21.8. The van der Waals surface area contributed by atoms with Gasteiger partial charge in [0, 0.05) is 35.7 Å². The van der Waals surface area contributed by atoms with Crippen molar-refractivity contribution < 1.29 is 15.1 Å². The summed E-state index contributed by atoms with van der Waals surface area (Å²) in [6.45, 7) is 0. The fourth-order valence-corrected chi connectivity index (χ4v) is 3.95. The molecule has 0 bridgehead atoms. The van der Waals surface area contributed by atoms with Crippen molar-refractivity contribution in [2.75, 3.05) is 0 Å². The lowest BCUT2D eigenvalue weighted by molar-refractivity contribution is -0.384. The molecule has 5 aromatic rings. The molecule has 0 unspecified atom stereocenters. The number of hydrogen-bond donors (Lipinski definition) is 2. The maximum Gasteiger partial charge on any atom is 0.271 e. The molecule has 0 saturated carbocycles. The molecule has 0 aliphatic rings. The van der Waals surface area contributed by atoms with Crippen LogP contribution in [0.2, 0.25) is 0 Å². The molecular weight excluding hydrogens is 442 g/mol. The quantitative estimate of drug-likeness (QED) is 0.170. The van der Waals surface area contributed by atoms with Crippen molar-refractivity contribution in [1.29, 1.82) is 0 Å². The summed E-state index contributed by atoms with van der Waals surface area (Å²) < 4.78 is 0. The van der Waals surface area contributed by atoms with Gasteiger partial charge in [0.25, 0.3) is 5.69 Å². The van der Waals surface area contributed by atoms with Crippen LogP contribution >= 0.6 is 0 Å². The molecule has 0 spiro atoms. The van der Waals surface area contributed by atoms with Crippen molar-refractivity contribution in [3.05, 3.63) is 112 Å². The van der Waals surface area contributed by atoms with Gasteiger partial charge in [-0.25, -0.2) is 0 Å². The number of hydrogen-bond acceptors (Lipinski definition) is 6. The van der Waals surface area contributed by atoms with E-state index in [4.69, 9.17) is 0 Å². The zero-order valence-corrected chi connectivity index (χ0v) is 18.4. The number of aromatic hydroxyl groups is 2. The third-order valence-corrected chi connectivity index (χ3v) is 5.73. The molecule has 5 rings (SSSR count). The van der Waals surface area contributed by atoms with Crippen molar-refractivity contribution in [2.45, 2.75) is 0 Å². The van der Waals surface area contributed by atoms with Crippen LogP contribution in [0.25, 0.3) is 21.5 Å². The molecule has 0 amide bonds. The van der Waals surface area contributed by atoms with Gasteiger partial charge in [0.1, 0.15) is 11.5 Å². The van der Waals surface area contributed by atoms with Gasteiger partial charge in [-0.2, -0.15) is 0 Å². The predicted octanol–water partition coefficient (Wildman–Crippen LogP) is 6.81. The van der Waals surface area contributed by atoms with Crippen LogP contribution in [0.15, 0.2) is 101 Å². The maximum absolute atomic E-state index is 11.4. The largest absolute Gasteiger partial charge is 0.507 e. The molecular formula is C28H19N3O4. The van der Waals surface area contributed by atoms with E-state index in [0.717, 1.165) is 21.5 Å². The van der Waals surface area contributed by atoms with E-state index in [1.807, 2.05) is 60.7 Å². The lowest BCUT2D eigenvalue weighted by Gasteiger charge is -2.06. The molecule has 0 aliphatic heterocycles. The molecule has 2 N–H and O–H groups in total. The average Bonchev–Trinajstić information content (AvgIpc) is 2.88. The van der Waals surface area contributed by atoms with Crippen LogP contribution in [0, 0.1) is 10.1 Å². The second-order valence-electron chi connectivity index (χ2n) is 7.89. The summed E-state index contributed by atoms with van der Waals surface area (Å²) in [5.74, 6) is 0.115. The van der Waals surface area contributed by atoms with Crippen LogP contribution in [0.5, 0.6) is 11.5 Å². The Morgan fingerprint density at radius 2 is 1.17 bits per heavy atom. The standard InChI is InChI=1S/C28H19N3O4/c32-27-13-9-18-5-1-3-7-21(18)23(27)16-29-25-12-11-20(31(34)35)15-26(25)30-17-24-22-8-4-2-6-19(22)10-14-28(24)33/h1-17,32-33H. The topological polar surface area (TPSA) is 108 Å². The van der Waals surface area contributed by atoms with Crippen LogP contribution < -0.4 is 0 Å². The zero-order valence-electron chi connectivity index (χ0n) is 18.4. The molecule has 0 heterocycles. The Morgan fingerprint density at radius 1 is 0.657 bits per heavy atom. The van der Waals surface area contributed by atoms with E-state index in [1.54, 1.807) is 12.1 Å². The smallest absolute Gasteiger partial charge is 0.271 e. The van der Waals surface area contributed by atoms with Crippen LogP contribution in [0.4, 0.5) is 17.1 Å². The number of nitro benzene ring substituents is 1. The number of phenolic OH excluding ortho intramolecular Hbond substituents is 2. The summed E-state index contributed by atoms with van der Waals surface area (Å²) in [6, 6.07) is 26.1.